The fourth-order valence-corrected chi connectivity index (χ4v) is 4.83. The van der Waals surface area contributed by atoms with Gasteiger partial charge < -0.3 is 15.0 Å². The minimum absolute atomic E-state index is 0.0140. The number of aromatic nitrogens is 1. The summed E-state index contributed by atoms with van der Waals surface area (Å²) in [6.07, 6.45) is 4.38. The number of carbonyl (C=O) groups is 2. The number of benzene rings is 2. The van der Waals surface area contributed by atoms with Gasteiger partial charge in [0, 0.05) is 53.8 Å². The molecular weight excluding hydrogens is 438 g/mol. The number of fused-ring (bicyclic) bond motifs is 1. The van der Waals surface area contributed by atoms with E-state index in [0.717, 1.165) is 28.0 Å². The normalized spacial score (nSPS) is 19.3. The van der Waals surface area contributed by atoms with Gasteiger partial charge in [-0.3, -0.25) is 14.6 Å². The molecule has 0 spiro atoms. The van der Waals surface area contributed by atoms with E-state index in [0.29, 0.717) is 31.0 Å². The van der Waals surface area contributed by atoms with Crippen molar-refractivity contribution in [2.75, 3.05) is 19.6 Å². The minimum atomic E-state index is -0.186. The highest BCUT2D eigenvalue weighted by molar-refractivity contribution is 6.31. The van der Waals surface area contributed by atoms with E-state index in [1.54, 1.807) is 17.3 Å². The lowest BCUT2D eigenvalue weighted by Crippen LogP contribution is -2.41. The zero-order valence-corrected chi connectivity index (χ0v) is 18.8. The van der Waals surface area contributed by atoms with Crippen molar-refractivity contribution < 1.29 is 14.3 Å². The van der Waals surface area contributed by atoms with E-state index < -0.39 is 0 Å². The van der Waals surface area contributed by atoms with Gasteiger partial charge in [0.05, 0.1) is 13.1 Å². The first-order valence-corrected chi connectivity index (χ1v) is 11.4. The average Bonchev–Trinajstić information content (AvgIpc) is 3.41. The van der Waals surface area contributed by atoms with Crippen molar-refractivity contribution in [2.45, 2.75) is 24.9 Å². The Kier molecular flexibility index (Phi) is 6.01. The van der Waals surface area contributed by atoms with Gasteiger partial charge in [-0.25, -0.2) is 0 Å². The topological polar surface area (TPSA) is 71.5 Å². The molecule has 1 N–H and O–H groups in total. The van der Waals surface area contributed by atoms with Crippen LogP contribution in [0.2, 0.25) is 5.02 Å². The highest BCUT2D eigenvalue weighted by Gasteiger charge is 2.32. The van der Waals surface area contributed by atoms with Crippen LogP contribution in [0.1, 0.15) is 23.5 Å². The van der Waals surface area contributed by atoms with Crippen LogP contribution in [-0.2, 0) is 16.0 Å². The first-order chi connectivity index (χ1) is 16.1. The summed E-state index contributed by atoms with van der Waals surface area (Å²) in [6.45, 7) is 0.996. The third-order valence-electron chi connectivity index (χ3n) is 6.20. The van der Waals surface area contributed by atoms with Gasteiger partial charge in [0.1, 0.15) is 11.9 Å². The predicted molar refractivity (Wildman–Crippen MR) is 126 cm³/mol. The van der Waals surface area contributed by atoms with E-state index in [-0.39, 0.29) is 30.4 Å². The fourth-order valence-electron chi connectivity index (χ4n) is 4.58. The fraction of sp³-hybridized carbons (Fsp3) is 0.269. The lowest BCUT2D eigenvalue weighted by Gasteiger charge is -2.18. The van der Waals surface area contributed by atoms with Crippen molar-refractivity contribution in [3.05, 3.63) is 83.1 Å². The number of carbonyl (C=O) groups excluding carboxylic acids is 2. The van der Waals surface area contributed by atoms with Crippen LogP contribution in [0.15, 0.2) is 67.0 Å². The van der Waals surface area contributed by atoms with Crippen LogP contribution in [0, 0.1) is 0 Å². The number of rotatable bonds is 6. The molecule has 1 fully saturated rings. The van der Waals surface area contributed by atoms with E-state index >= 15 is 0 Å². The number of nitrogens with zero attached hydrogens (tertiary/aromatic N) is 2. The number of ether oxygens (including phenoxy) is 1. The summed E-state index contributed by atoms with van der Waals surface area (Å²) < 4.78 is 6.19. The molecule has 2 aliphatic heterocycles. The Morgan fingerprint density at radius 3 is 2.70 bits per heavy atom. The van der Waals surface area contributed by atoms with Crippen LogP contribution in [-0.4, -0.2) is 47.4 Å². The van der Waals surface area contributed by atoms with Crippen molar-refractivity contribution in [1.29, 1.82) is 0 Å². The highest BCUT2D eigenvalue weighted by Crippen LogP contribution is 2.40. The first kappa shape index (κ1) is 21.5. The van der Waals surface area contributed by atoms with Crippen LogP contribution in [0.5, 0.6) is 5.75 Å². The lowest BCUT2D eigenvalue weighted by atomic mass is 9.99. The van der Waals surface area contributed by atoms with E-state index in [2.05, 4.69) is 10.3 Å². The third kappa shape index (κ3) is 4.71. The summed E-state index contributed by atoms with van der Waals surface area (Å²) in [5.74, 6) is 0.768. The number of hydrogen-bond acceptors (Lipinski definition) is 4. The summed E-state index contributed by atoms with van der Waals surface area (Å²) in [6, 6.07) is 17.6. The molecule has 2 aromatic carbocycles. The molecule has 1 saturated heterocycles. The van der Waals surface area contributed by atoms with E-state index in [1.807, 2.05) is 54.6 Å². The Hall–Kier alpha value is -3.38. The Bertz CT molecular complexity index is 1170. The molecule has 0 aliphatic carbocycles. The summed E-state index contributed by atoms with van der Waals surface area (Å²) in [5.41, 5.74) is 4.06. The Morgan fingerprint density at radius 2 is 1.91 bits per heavy atom. The van der Waals surface area contributed by atoms with Gasteiger partial charge >= 0.3 is 0 Å². The maximum atomic E-state index is 12.6. The van der Waals surface area contributed by atoms with Crippen molar-refractivity contribution in [2.24, 2.45) is 0 Å². The van der Waals surface area contributed by atoms with Gasteiger partial charge in [0.15, 0.2) is 0 Å². The predicted octanol–water partition coefficient (Wildman–Crippen LogP) is 3.84. The maximum absolute atomic E-state index is 12.6. The number of likely N-dealkylation sites (tertiary alicyclic amines) is 1. The molecule has 0 bridgehead atoms. The number of nitrogens with one attached hydrogen (secondary N) is 1. The molecule has 2 amide bonds. The lowest BCUT2D eigenvalue weighted by molar-refractivity contribution is -0.133. The van der Waals surface area contributed by atoms with Crippen LogP contribution < -0.4 is 10.1 Å². The van der Waals surface area contributed by atoms with Crippen LogP contribution in [0.25, 0.3) is 11.1 Å². The first-order valence-electron chi connectivity index (χ1n) is 11.1. The van der Waals surface area contributed by atoms with Crippen molar-refractivity contribution in [1.82, 2.24) is 15.2 Å². The zero-order chi connectivity index (χ0) is 22.8. The van der Waals surface area contributed by atoms with Gasteiger partial charge in [-0.1, -0.05) is 41.9 Å². The molecule has 2 aliphatic rings. The van der Waals surface area contributed by atoms with Crippen molar-refractivity contribution in [3.8, 4) is 16.9 Å². The van der Waals surface area contributed by atoms with Crippen LogP contribution >= 0.6 is 11.6 Å². The van der Waals surface area contributed by atoms with Crippen molar-refractivity contribution in [3.63, 3.8) is 0 Å². The van der Waals surface area contributed by atoms with Crippen molar-refractivity contribution >= 4 is 23.4 Å². The SMILES string of the molecule is O=C(CN1CC(c2ccccc2)CC1=O)NCC1Cc2cc(Cl)cc(-c3ccncc3)c2O1. The Morgan fingerprint density at radius 1 is 1.12 bits per heavy atom. The standard InChI is InChI=1S/C26H24ClN3O3/c27-21-10-19-11-22(33-26(19)23(13-21)18-6-8-28-9-7-18)14-29-24(31)16-30-15-20(12-25(30)32)17-4-2-1-3-5-17/h1-10,13,20,22H,11-12,14-16H2,(H,29,31). The number of amides is 2. The second-order valence-electron chi connectivity index (χ2n) is 8.51. The molecule has 1 aromatic heterocycles. The third-order valence-corrected chi connectivity index (χ3v) is 6.42. The molecule has 3 heterocycles. The molecule has 33 heavy (non-hydrogen) atoms. The van der Waals surface area contributed by atoms with Gasteiger partial charge in [0.25, 0.3) is 0 Å². The van der Waals surface area contributed by atoms with Gasteiger partial charge in [0.2, 0.25) is 11.8 Å². The van der Waals surface area contributed by atoms with Crippen LogP contribution in [0.4, 0.5) is 0 Å². The molecule has 0 saturated carbocycles. The molecule has 168 valence electrons. The Balaban J connectivity index is 1.18. The van der Waals surface area contributed by atoms with Crippen LogP contribution in [0.3, 0.4) is 0 Å². The molecule has 5 rings (SSSR count). The van der Waals surface area contributed by atoms with Gasteiger partial charge in [-0.15, -0.1) is 0 Å². The molecule has 2 unspecified atom stereocenters. The Labute approximate surface area is 197 Å². The summed E-state index contributed by atoms with van der Waals surface area (Å²) in [5, 5.41) is 3.58. The number of halogens is 1. The van der Waals surface area contributed by atoms with E-state index in [9.17, 15) is 9.59 Å². The summed E-state index contributed by atoms with van der Waals surface area (Å²) >= 11 is 6.34. The van der Waals surface area contributed by atoms with Gasteiger partial charge in [-0.2, -0.15) is 0 Å². The molecule has 0 radical (unpaired) electrons. The quantitative estimate of drug-likeness (QED) is 0.605. The minimum Gasteiger partial charge on any atom is -0.487 e. The molecule has 2 atom stereocenters. The molecule has 7 heteroatoms. The second-order valence-corrected chi connectivity index (χ2v) is 8.95. The molecular formula is C26H24ClN3O3. The van der Waals surface area contributed by atoms with Gasteiger partial charge in [-0.05, 0) is 35.4 Å². The second kappa shape index (κ2) is 9.24. The van der Waals surface area contributed by atoms with E-state index in [4.69, 9.17) is 16.3 Å². The summed E-state index contributed by atoms with van der Waals surface area (Å²) in [4.78, 5) is 30.7. The number of pyridine rings is 1. The largest absolute Gasteiger partial charge is 0.487 e. The number of hydrogen-bond donors (Lipinski definition) is 1. The van der Waals surface area contributed by atoms with E-state index in [1.165, 1.54) is 0 Å². The molecule has 6 nitrogen and oxygen atoms in total. The average molecular weight is 462 g/mol. The molecule has 3 aromatic rings. The smallest absolute Gasteiger partial charge is 0.239 e. The maximum Gasteiger partial charge on any atom is 0.239 e. The summed E-state index contributed by atoms with van der Waals surface area (Å²) in [7, 11) is 0. The zero-order valence-electron chi connectivity index (χ0n) is 18.0. The monoisotopic (exact) mass is 461 g/mol. The highest BCUT2D eigenvalue weighted by atomic mass is 35.5.